The molecule has 182 valence electrons. The number of nitrogens with one attached hydrogen (secondary N) is 1. The van der Waals surface area contributed by atoms with Crippen molar-refractivity contribution in [3.05, 3.63) is 59.7 Å². The van der Waals surface area contributed by atoms with Crippen molar-refractivity contribution in [2.24, 2.45) is 0 Å². The summed E-state index contributed by atoms with van der Waals surface area (Å²) >= 11 is 0. The van der Waals surface area contributed by atoms with E-state index in [1.54, 1.807) is 6.33 Å². The Balaban J connectivity index is 1.21. The van der Waals surface area contributed by atoms with Gasteiger partial charge in [-0.05, 0) is 44.0 Å². The quantitative estimate of drug-likeness (QED) is 0.471. The van der Waals surface area contributed by atoms with Crippen molar-refractivity contribution in [2.45, 2.75) is 39.0 Å². The Kier molecular flexibility index (Phi) is 7.33. The van der Waals surface area contributed by atoms with Crippen molar-refractivity contribution in [3.8, 4) is 5.75 Å². The monoisotopic (exact) mass is 465 g/mol. The first-order valence-electron chi connectivity index (χ1n) is 11.7. The Bertz CT molecular complexity index is 1080. The van der Waals surface area contributed by atoms with Gasteiger partial charge in [0.1, 0.15) is 30.3 Å². The minimum absolute atomic E-state index is 0.524. The first-order valence-corrected chi connectivity index (χ1v) is 11.7. The molecule has 0 radical (unpaired) electrons. The first-order chi connectivity index (χ1) is 16.3. The maximum Gasteiger partial charge on any atom is 0.134 e. The number of anilines is 2. The molecule has 1 aromatic carbocycles. The zero-order valence-corrected chi connectivity index (χ0v) is 20.5. The number of β-amino-alcohol motifs (C(OH)–C–C–N with tert-alkyl or cyclic N) is 1. The number of benzene rings is 1. The van der Waals surface area contributed by atoms with Crippen LogP contribution in [-0.2, 0) is 13.1 Å². The van der Waals surface area contributed by atoms with Gasteiger partial charge in [-0.2, -0.15) is 5.10 Å². The summed E-state index contributed by atoms with van der Waals surface area (Å²) in [5.41, 5.74) is 2.53. The highest BCUT2D eigenvalue weighted by atomic mass is 16.5. The second-order valence-electron chi connectivity index (χ2n) is 9.27. The first kappa shape index (κ1) is 24.0. The van der Waals surface area contributed by atoms with E-state index >= 15 is 0 Å². The third kappa shape index (κ3) is 6.03. The van der Waals surface area contributed by atoms with E-state index in [9.17, 15) is 5.11 Å². The van der Waals surface area contributed by atoms with Gasteiger partial charge in [0.2, 0.25) is 0 Å². The van der Waals surface area contributed by atoms with Crippen LogP contribution in [0.5, 0.6) is 5.75 Å². The molecule has 1 aliphatic rings. The van der Waals surface area contributed by atoms with Crippen LogP contribution in [0.2, 0.25) is 0 Å². The summed E-state index contributed by atoms with van der Waals surface area (Å²) in [6.45, 7) is 7.88. The van der Waals surface area contributed by atoms with Gasteiger partial charge in [-0.1, -0.05) is 12.1 Å². The number of hydrogen-bond donors (Lipinski definition) is 2. The highest BCUT2D eigenvalue weighted by Gasteiger charge is 2.36. The molecule has 1 aliphatic heterocycles. The zero-order chi connectivity index (χ0) is 24.1. The molecule has 9 nitrogen and oxygen atoms in total. The molecule has 9 heteroatoms. The standard InChI is InChI=1S/C25H35N7O2/c1-19-13-20(2)32(29-19)11-12-34-22-7-5-21(6-8-22)15-26-16-25(33)9-10-31(17-25)24-14-23(30(3)4)27-18-28-24/h5-8,13-14,18,26,33H,9-12,15-17H2,1-4H3. The maximum absolute atomic E-state index is 11.1. The van der Waals surface area contributed by atoms with Crippen LogP contribution >= 0.6 is 0 Å². The van der Waals surface area contributed by atoms with Gasteiger partial charge in [0, 0.05) is 52.0 Å². The van der Waals surface area contributed by atoms with E-state index in [0.717, 1.165) is 47.4 Å². The van der Waals surface area contributed by atoms with Crippen LogP contribution in [0, 0.1) is 13.8 Å². The molecule has 0 bridgehead atoms. The van der Waals surface area contributed by atoms with Crippen molar-refractivity contribution >= 4 is 11.6 Å². The summed E-state index contributed by atoms with van der Waals surface area (Å²) < 4.78 is 7.83. The molecular weight excluding hydrogens is 430 g/mol. The average molecular weight is 466 g/mol. The molecule has 34 heavy (non-hydrogen) atoms. The highest BCUT2D eigenvalue weighted by Crippen LogP contribution is 2.26. The summed E-state index contributed by atoms with van der Waals surface area (Å²) in [4.78, 5) is 12.7. The largest absolute Gasteiger partial charge is 0.492 e. The van der Waals surface area contributed by atoms with E-state index in [2.05, 4.69) is 50.4 Å². The van der Waals surface area contributed by atoms with Gasteiger partial charge in [0.15, 0.2) is 0 Å². The van der Waals surface area contributed by atoms with E-state index in [-0.39, 0.29) is 0 Å². The molecule has 1 atom stereocenters. The van der Waals surface area contributed by atoms with E-state index in [4.69, 9.17) is 4.74 Å². The summed E-state index contributed by atoms with van der Waals surface area (Å²) in [6, 6.07) is 12.1. The molecule has 4 rings (SSSR count). The summed E-state index contributed by atoms with van der Waals surface area (Å²) in [5, 5.41) is 18.9. The van der Waals surface area contributed by atoms with Gasteiger partial charge in [0.25, 0.3) is 0 Å². The molecule has 1 unspecified atom stereocenters. The van der Waals surface area contributed by atoms with Crippen LogP contribution in [0.4, 0.5) is 11.6 Å². The summed E-state index contributed by atoms with van der Waals surface area (Å²) in [5.74, 6) is 2.55. The fourth-order valence-corrected chi connectivity index (χ4v) is 4.25. The van der Waals surface area contributed by atoms with Gasteiger partial charge in [-0.25, -0.2) is 9.97 Å². The lowest BCUT2D eigenvalue weighted by Crippen LogP contribution is -2.43. The van der Waals surface area contributed by atoms with Crippen molar-refractivity contribution in [3.63, 3.8) is 0 Å². The third-order valence-electron chi connectivity index (χ3n) is 6.13. The summed E-state index contributed by atoms with van der Waals surface area (Å²) in [7, 11) is 3.91. The Morgan fingerprint density at radius 1 is 1.15 bits per heavy atom. The van der Waals surface area contributed by atoms with E-state index in [1.165, 1.54) is 0 Å². The molecule has 0 amide bonds. The summed E-state index contributed by atoms with van der Waals surface area (Å²) in [6.07, 6.45) is 2.27. The molecule has 2 aromatic heterocycles. The molecule has 3 heterocycles. The molecule has 2 N–H and O–H groups in total. The van der Waals surface area contributed by atoms with Crippen molar-refractivity contribution in [1.82, 2.24) is 25.1 Å². The number of aryl methyl sites for hydroxylation is 2. The van der Waals surface area contributed by atoms with Gasteiger partial charge in [-0.15, -0.1) is 0 Å². The Morgan fingerprint density at radius 2 is 1.94 bits per heavy atom. The van der Waals surface area contributed by atoms with Gasteiger partial charge in [-0.3, -0.25) is 4.68 Å². The van der Waals surface area contributed by atoms with E-state index in [1.807, 2.05) is 48.8 Å². The van der Waals surface area contributed by atoms with Crippen LogP contribution in [-0.4, -0.2) is 70.8 Å². The lowest BCUT2D eigenvalue weighted by atomic mass is 10.0. The number of nitrogens with zero attached hydrogens (tertiary/aromatic N) is 6. The van der Waals surface area contributed by atoms with Crippen LogP contribution in [0.15, 0.2) is 42.7 Å². The number of hydrogen-bond acceptors (Lipinski definition) is 8. The number of rotatable bonds is 10. The fourth-order valence-electron chi connectivity index (χ4n) is 4.25. The van der Waals surface area contributed by atoms with Crippen LogP contribution in [0.3, 0.4) is 0 Å². The molecule has 0 saturated carbocycles. The zero-order valence-electron chi connectivity index (χ0n) is 20.5. The minimum Gasteiger partial charge on any atom is -0.492 e. The predicted octanol–water partition coefficient (Wildman–Crippen LogP) is 2.17. The van der Waals surface area contributed by atoms with Crippen molar-refractivity contribution < 1.29 is 9.84 Å². The molecular formula is C25H35N7O2. The SMILES string of the molecule is Cc1cc(C)n(CCOc2ccc(CNCC3(O)CCN(c4cc(N(C)C)ncn4)C3)cc2)n1. The van der Waals surface area contributed by atoms with Crippen molar-refractivity contribution in [1.29, 1.82) is 0 Å². The van der Waals surface area contributed by atoms with Crippen LogP contribution in [0.1, 0.15) is 23.4 Å². The molecule has 1 fully saturated rings. The van der Waals surface area contributed by atoms with Crippen LogP contribution < -0.4 is 19.9 Å². The fraction of sp³-hybridized carbons (Fsp3) is 0.480. The topological polar surface area (TPSA) is 91.6 Å². The number of aromatic nitrogens is 4. The van der Waals surface area contributed by atoms with Gasteiger partial charge < -0.3 is 25.0 Å². The lowest BCUT2D eigenvalue weighted by molar-refractivity contribution is 0.0626. The number of aliphatic hydroxyl groups is 1. The molecule has 1 saturated heterocycles. The van der Waals surface area contributed by atoms with Crippen molar-refractivity contribution in [2.75, 3.05) is 50.1 Å². The van der Waals surface area contributed by atoms with E-state index < -0.39 is 5.60 Å². The predicted molar refractivity (Wildman–Crippen MR) is 133 cm³/mol. The smallest absolute Gasteiger partial charge is 0.134 e. The Labute approximate surface area is 201 Å². The van der Waals surface area contributed by atoms with Gasteiger partial charge >= 0.3 is 0 Å². The third-order valence-corrected chi connectivity index (χ3v) is 6.13. The molecule has 0 aliphatic carbocycles. The average Bonchev–Trinajstić information content (AvgIpc) is 3.36. The number of ether oxygens (including phenoxy) is 1. The Hall–Kier alpha value is -3.17. The van der Waals surface area contributed by atoms with Crippen LogP contribution in [0.25, 0.3) is 0 Å². The maximum atomic E-state index is 11.1. The highest BCUT2D eigenvalue weighted by molar-refractivity contribution is 5.50. The second-order valence-corrected chi connectivity index (χ2v) is 9.27. The lowest BCUT2D eigenvalue weighted by Gasteiger charge is -2.24. The van der Waals surface area contributed by atoms with Gasteiger partial charge in [0.05, 0.1) is 17.8 Å². The van der Waals surface area contributed by atoms with E-state index in [0.29, 0.717) is 32.7 Å². The second kappa shape index (κ2) is 10.4. The molecule has 3 aromatic rings. The Morgan fingerprint density at radius 3 is 2.65 bits per heavy atom. The normalized spacial score (nSPS) is 17.9. The minimum atomic E-state index is -0.782. The molecule has 0 spiro atoms.